The highest BCUT2D eigenvalue weighted by atomic mass is 14.6. The van der Waals surface area contributed by atoms with E-state index in [1.807, 2.05) is 0 Å². The number of hydrogen-bond acceptors (Lipinski definition) is 1. The molecular formula is C13H27N. The Morgan fingerprint density at radius 1 is 0.714 bits per heavy atom. The van der Waals surface area contributed by atoms with Crippen molar-refractivity contribution in [3.63, 3.8) is 0 Å². The molecule has 1 rings (SSSR count). The number of hydrogen-bond donors (Lipinski definition) is 1. The van der Waals surface area contributed by atoms with E-state index in [-0.39, 0.29) is 0 Å². The molecule has 2 N–H and O–H groups in total. The van der Waals surface area contributed by atoms with Gasteiger partial charge in [-0.2, -0.15) is 0 Å². The van der Waals surface area contributed by atoms with Crippen LogP contribution < -0.4 is 5.73 Å². The largest absolute Gasteiger partial charge is 0.328 e. The van der Waals surface area contributed by atoms with Crippen molar-refractivity contribution < 1.29 is 0 Å². The zero-order valence-electron chi connectivity index (χ0n) is 9.80. The van der Waals surface area contributed by atoms with Gasteiger partial charge in [0.2, 0.25) is 0 Å². The van der Waals surface area contributed by atoms with E-state index in [1.54, 1.807) is 0 Å². The molecule has 0 aromatic carbocycles. The van der Waals surface area contributed by atoms with Gasteiger partial charge in [0, 0.05) is 6.04 Å². The fourth-order valence-corrected chi connectivity index (χ4v) is 2.45. The van der Waals surface area contributed by atoms with Crippen molar-refractivity contribution in [2.24, 2.45) is 11.7 Å². The maximum Gasteiger partial charge on any atom is 0.00388 e. The van der Waals surface area contributed by atoms with E-state index in [4.69, 9.17) is 5.73 Å². The van der Waals surface area contributed by atoms with Crippen molar-refractivity contribution >= 4 is 0 Å². The molecule has 1 heteroatoms. The first kappa shape index (κ1) is 12.0. The summed E-state index contributed by atoms with van der Waals surface area (Å²) in [7, 11) is 0. The number of nitrogens with two attached hydrogens (primary N) is 1. The molecule has 0 amide bonds. The van der Waals surface area contributed by atoms with Gasteiger partial charge in [-0.3, -0.25) is 0 Å². The quantitative estimate of drug-likeness (QED) is 0.627. The molecule has 0 heterocycles. The Morgan fingerprint density at radius 3 is 2.00 bits per heavy atom. The van der Waals surface area contributed by atoms with Crippen LogP contribution in [-0.4, -0.2) is 6.04 Å². The first-order chi connectivity index (χ1) is 6.79. The van der Waals surface area contributed by atoms with Crippen LogP contribution in [0.1, 0.15) is 71.1 Å². The normalized spacial score (nSPS) is 33.0. The van der Waals surface area contributed by atoms with Gasteiger partial charge in [0.15, 0.2) is 0 Å². The van der Waals surface area contributed by atoms with Crippen molar-refractivity contribution in [2.75, 3.05) is 0 Å². The van der Waals surface area contributed by atoms with Gasteiger partial charge >= 0.3 is 0 Å². The summed E-state index contributed by atoms with van der Waals surface area (Å²) >= 11 is 0. The highest BCUT2D eigenvalue weighted by Gasteiger charge is 2.07. The SMILES string of the molecule is CC1CCCCCCCC(N)CCC1. The molecule has 84 valence electrons. The molecule has 2 atom stereocenters. The summed E-state index contributed by atoms with van der Waals surface area (Å²) < 4.78 is 0. The van der Waals surface area contributed by atoms with E-state index in [0.717, 1.165) is 5.92 Å². The van der Waals surface area contributed by atoms with Gasteiger partial charge in [-0.25, -0.2) is 0 Å². The molecule has 0 aliphatic heterocycles. The van der Waals surface area contributed by atoms with Gasteiger partial charge in [0.05, 0.1) is 0 Å². The highest BCUT2D eigenvalue weighted by molar-refractivity contribution is 4.64. The lowest BCUT2D eigenvalue weighted by Crippen LogP contribution is -2.19. The molecule has 0 bridgehead atoms. The third-order valence-electron chi connectivity index (χ3n) is 3.54. The van der Waals surface area contributed by atoms with E-state index in [9.17, 15) is 0 Å². The van der Waals surface area contributed by atoms with Crippen LogP contribution in [0, 0.1) is 5.92 Å². The van der Waals surface area contributed by atoms with Crippen molar-refractivity contribution in [1.29, 1.82) is 0 Å². The molecule has 1 saturated carbocycles. The molecule has 0 spiro atoms. The van der Waals surface area contributed by atoms with Gasteiger partial charge < -0.3 is 5.73 Å². The summed E-state index contributed by atoms with van der Waals surface area (Å²) in [6, 6.07) is 0.488. The molecule has 0 saturated heterocycles. The third kappa shape index (κ3) is 5.64. The molecule has 0 radical (unpaired) electrons. The standard InChI is InChI=1S/C13H27N/c1-12-8-5-3-2-4-6-10-13(14)11-7-9-12/h12-13H,2-11,14H2,1H3. The summed E-state index contributed by atoms with van der Waals surface area (Å²) in [5, 5.41) is 0. The van der Waals surface area contributed by atoms with Crippen molar-refractivity contribution in [2.45, 2.75) is 77.2 Å². The smallest absolute Gasteiger partial charge is 0.00388 e. The van der Waals surface area contributed by atoms with Crippen LogP contribution in [-0.2, 0) is 0 Å². The Labute approximate surface area is 89.5 Å². The molecule has 1 nitrogen and oxygen atoms in total. The minimum absolute atomic E-state index is 0.488. The van der Waals surface area contributed by atoms with E-state index in [0.29, 0.717) is 6.04 Å². The Balaban J connectivity index is 2.21. The van der Waals surface area contributed by atoms with E-state index < -0.39 is 0 Å². The van der Waals surface area contributed by atoms with Crippen LogP contribution in [0.5, 0.6) is 0 Å². The Bertz CT molecular complexity index is 119. The Morgan fingerprint density at radius 2 is 1.21 bits per heavy atom. The van der Waals surface area contributed by atoms with Crippen LogP contribution in [0.2, 0.25) is 0 Å². The van der Waals surface area contributed by atoms with Crippen molar-refractivity contribution in [3.05, 3.63) is 0 Å². The highest BCUT2D eigenvalue weighted by Crippen LogP contribution is 2.19. The predicted octanol–water partition coefficient (Wildman–Crippen LogP) is 3.86. The second-order valence-corrected chi connectivity index (χ2v) is 5.14. The summed E-state index contributed by atoms with van der Waals surface area (Å²) in [5.74, 6) is 0.932. The fourth-order valence-electron chi connectivity index (χ4n) is 2.45. The van der Waals surface area contributed by atoms with Crippen LogP contribution >= 0.6 is 0 Å². The van der Waals surface area contributed by atoms with E-state index >= 15 is 0 Å². The van der Waals surface area contributed by atoms with Gasteiger partial charge in [0.25, 0.3) is 0 Å². The van der Waals surface area contributed by atoms with Gasteiger partial charge in [-0.1, -0.05) is 58.3 Å². The maximum atomic E-state index is 6.06. The second kappa shape index (κ2) is 7.28. The Kier molecular flexibility index (Phi) is 6.25. The van der Waals surface area contributed by atoms with Crippen molar-refractivity contribution in [1.82, 2.24) is 0 Å². The lowest BCUT2D eigenvalue weighted by Gasteiger charge is -2.16. The van der Waals surface area contributed by atoms with E-state index in [2.05, 4.69) is 6.92 Å². The van der Waals surface area contributed by atoms with Crippen LogP contribution in [0.25, 0.3) is 0 Å². The molecule has 14 heavy (non-hydrogen) atoms. The third-order valence-corrected chi connectivity index (χ3v) is 3.54. The first-order valence-corrected chi connectivity index (χ1v) is 6.54. The van der Waals surface area contributed by atoms with Crippen LogP contribution in [0.4, 0.5) is 0 Å². The number of rotatable bonds is 0. The molecule has 0 aromatic heterocycles. The van der Waals surface area contributed by atoms with Gasteiger partial charge in [-0.15, -0.1) is 0 Å². The summed E-state index contributed by atoms with van der Waals surface area (Å²) in [5.41, 5.74) is 6.06. The summed E-state index contributed by atoms with van der Waals surface area (Å²) in [6.07, 6.45) is 13.8. The maximum absolute atomic E-state index is 6.06. The van der Waals surface area contributed by atoms with Crippen LogP contribution in [0.3, 0.4) is 0 Å². The molecule has 2 unspecified atom stereocenters. The summed E-state index contributed by atoms with van der Waals surface area (Å²) in [6.45, 7) is 2.40. The Hall–Kier alpha value is -0.0400. The average molecular weight is 197 g/mol. The summed E-state index contributed by atoms with van der Waals surface area (Å²) in [4.78, 5) is 0. The minimum Gasteiger partial charge on any atom is -0.328 e. The molecule has 1 fully saturated rings. The minimum atomic E-state index is 0.488. The fraction of sp³-hybridized carbons (Fsp3) is 1.00. The molecule has 1 aliphatic carbocycles. The molecule has 1 aliphatic rings. The zero-order valence-corrected chi connectivity index (χ0v) is 9.80. The lowest BCUT2D eigenvalue weighted by atomic mass is 9.93. The predicted molar refractivity (Wildman–Crippen MR) is 63.3 cm³/mol. The lowest BCUT2D eigenvalue weighted by molar-refractivity contribution is 0.403. The molecular weight excluding hydrogens is 170 g/mol. The van der Waals surface area contributed by atoms with Gasteiger partial charge in [0.1, 0.15) is 0 Å². The molecule has 0 aromatic rings. The average Bonchev–Trinajstić information content (AvgIpc) is 2.14. The monoisotopic (exact) mass is 197 g/mol. The second-order valence-electron chi connectivity index (χ2n) is 5.14. The van der Waals surface area contributed by atoms with Crippen LogP contribution in [0.15, 0.2) is 0 Å². The van der Waals surface area contributed by atoms with E-state index in [1.165, 1.54) is 64.2 Å². The van der Waals surface area contributed by atoms with Gasteiger partial charge in [-0.05, 0) is 18.8 Å². The zero-order chi connectivity index (χ0) is 10.2. The first-order valence-electron chi connectivity index (χ1n) is 6.54. The topological polar surface area (TPSA) is 26.0 Å². The van der Waals surface area contributed by atoms with Crippen molar-refractivity contribution in [3.8, 4) is 0 Å².